The highest BCUT2D eigenvalue weighted by Gasteiger charge is 2.25. The van der Waals surface area contributed by atoms with E-state index < -0.39 is 34.0 Å². The van der Waals surface area contributed by atoms with Crippen LogP contribution in [0.1, 0.15) is 26.7 Å². The van der Waals surface area contributed by atoms with Gasteiger partial charge in [0.2, 0.25) is 5.91 Å². The average molecular weight is 253 g/mol. The molecule has 0 aliphatic rings. The molecule has 7 nitrogen and oxygen atoms in total. The molecule has 0 aromatic heterocycles. The molecule has 0 spiro atoms. The van der Waals surface area contributed by atoms with Crippen LogP contribution in [0.3, 0.4) is 0 Å². The van der Waals surface area contributed by atoms with E-state index in [0.29, 0.717) is 6.42 Å². The van der Waals surface area contributed by atoms with Crippen molar-refractivity contribution >= 4 is 22.2 Å². The van der Waals surface area contributed by atoms with Crippen LogP contribution in [0.25, 0.3) is 0 Å². The normalized spacial score (nSPS) is 15.2. The minimum atomic E-state index is -4.58. The van der Waals surface area contributed by atoms with E-state index in [-0.39, 0.29) is 6.42 Å². The third-order valence-electron chi connectivity index (χ3n) is 2.15. The van der Waals surface area contributed by atoms with Crippen LogP contribution in [0.5, 0.6) is 0 Å². The Morgan fingerprint density at radius 2 is 1.88 bits per heavy atom. The zero-order valence-electron chi connectivity index (χ0n) is 9.00. The maximum absolute atomic E-state index is 11.3. The van der Waals surface area contributed by atoms with Crippen LogP contribution < -0.4 is 4.72 Å². The first kappa shape index (κ1) is 14.8. The van der Waals surface area contributed by atoms with Gasteiger partial charge in [0, 0.05) is 5.92 Å². The Morgan fingerprint density at radius 1 is 1.38 bits per heavy atom. The van der Waals surface area contributed by atoms with Gasteiger partial charge in [-0.3, -0.25) is 14.1 Å². The van der Waals surface area contributed by atoms with Crippen LogP contribution in [-0.2, 0) is 19.9 Å². The molecule has 94 valence electrons. The van der Waals surface area contributed by atoms with Gasteiger partial charge in [-0.25, -0.2) is 4.72 Å². The molecule has 0 aromatic rings. The van der Waals surface area contributed by atoms with Crippen molar-refractivity contribution in [1.82, 2.24) is 4.72 Å². The molecule has 0 fully saturated rings. The zero-order chi connectivity index (χ0) is 12.9. The van der Waals surface area contributed by atoms with Crippen molar-refractivity contribution in [3.05, 3.63) is 0 Å². The highest BCUT2D eigenvalue weighted by atomic mass is 32.2. The molecule has 3 N–H and O–H groups in total. The molecular weight excluding hydrogens is 238 g/mol. The van der Waals surface area contributed by atoms with Gasteiger partial charge >= 0.3 is 16.3 Å². The summed E-state index contributed by atoms with van der Waals surface area (Å²) < 4.78 is 30.6. The van der Waals surface area contributed by atoms with Crippen LogP contribution in [0, 0.1) is 11.8 Å². The number of hydrogen-bond acceptors (Lipinski definition) is 4. The largest absolute Gasteiger partial charge is 0.481 e. The Hall–Kier alpha value is -1.15. The predicted molar refractivity (Wildman–Crippen MR) is 54.9 cm³/mol. The molecule has 0 saturated carbocycles. The summed E-state index contributed by atoms with van der Waals surface area (Å²) in [5.74, 6) is -3.46. The van der Waals surface area contributed by atoms with Crippen LogP contribution in [0.2, 0.25) is 0 Å². The van der Waals surface area contributed by atoms with Crippen molar-refractivity contribution in [3.63, 3.8) is 0 Å². The van der Waals surface area contributed by atoms with Gasteiger partial charge in [-0.1, -0.05) is 13.8 Å². The molecule has 16 heavy (non-hydrogen) atoms. The third kappa shape index (κ3) is 5.66. The van der Waals surface area contributed by atoms with Crippen LogP contribution in [-0.4, -0.2) is 30.0 Å². The maximum atomic E-state index is 11.3. The fourth-order valence-corrected chi connectivity index (χ4v) is 1.62. The average Bonchev–Trinajstić information content (AvgIpc) is 2.10. The van der Waals surface area contributed by atoms with E-state index in [1.807, 2.05) is 0 Å². The molecule has 0 aliphatic carbocycles. The Labute approximate surface area is 93.7 Å². The van der Waals surface area contributed by atoms with Crippen LogP contribution >= 0.6 is 0 Å². The van der Waals surface area contributed by atoms with Gasteiger partial charge in [0.1, 0.15) is 0 Å². The fraction of sp³-hybridized carbons (Fsp3) is 0.750. The van der Waals surface area contributed by atoms with Gasteiger partial charge in [-0.05, 0) is 12.8 Å². The number of carboxylic acid groups (broad SMARTS) is 1. The minimum absolute atomic E-state index is 0.0210. The molecule has 0 aromatic carbocycles. The summed E-state index contributed by atoms with van der Waals surface area (Å²) in [4.78, 5) is 21.9. The molecule has 2 unspecified atom stereocenters. The first-order valence-corrected chi connectivity index (χ1v) is 6.13. The van der Waals surface area contributed by atoms with Crippen molar-refractivity contribution < 1.29 is 27.7 Å². The number of amides is 1. The maximum Gasteiger partial charge on any atom is 0.359 e. The van der Waals surface area contributed by atoms with E-state index in [4.69, 9.17) is 9.66 Å². The van der Waals surface area contributed by atoms with E-state index in [1.165, 1.54) is 11.6 Å². The second-order valence-electron chi connectivity index (χ2n) is 3.52. The van der Waals surface area contributed by atoms with Gasteiger partial charge in [0.15, 0.2) is 0 Å². The number of hydrogen-bond donors (Lipinski definition) is 3. The van der Waals surface area contributed by atoms with Crippen molar-refractivity contribution in [1.29, 1.82) is 0 Å². The molecule has 0 saturated heterocycles. The zero-order valence-corrected chi connectivity index (χ0v) is 9.82. The van der Waals surface area contributed by atoms with E-state index in [2.05, 4.69) is 0 Å². The first-order valence-electron chi connectivity index (χ1n) is 4.69. The van der Waals surface area contributed by atoms with Gasteiger partial charge in [0.25, 0.3) is 0 Å². The van der Waals surface area contributed by atoms with E-state index in [1.54, 1.807) is 6.92 Å². The predicted octanol–water partition coefficient (Wildman–Crippen LogP) is 0.0424. The second kappa shape index (κ2) is 5.80. The Kier molecular flexibility index (Phi) is 5.39. The van der Waals surface area contributed by atoms with E-state index in [9.17, 15) is 18.0 Å². The van der Waals surface area contributed by atoms with Gasteiger partial charge in [-0.15, -0.1) is 0 Å². The fourth-order valence-electron chi connectivity index (χ4n) is 1.20. The van der Waals surface area contributed by atoms with Crippen molar-refractivity contribution in [2.24, 2.45) is 11.8 Å². The molecule has 0 bridgehead atoms. The monoisotopic (exact) mass is 253 g/mol. The lowest BCUT2D eigenvalue weighted by atomic mass is 9.93. The Bertz CT molecular complexity index is 363. The lowest BCUT2D eigenvalue weighted by molar-refractivity contribution is -0.142. The summed E-state index contributed by atoms with van der Waals surface area (Å²) >= 11 is 0. The molecule has 1 amide bonds. The number of carbonyl (C=O) groups excluding carboxylic acids is 1. The Morgan fingerprint density at radius 3 is 2.19 bits per heavy atom. The Balaban J connectivity index is 4.51. The number of aliphatic carboxylic acids is 1. The summed E-state index contributed by atoms with van der Waals surface area (Å²) in [6, 6.07) is 0. The molecule has 8 heteroatoms. The lowest BCUT2D eigenvalue weighted by Crippen LogP contribution is -2.36. The molecule has 0 rings (SSSR count). The van der Waals surface area contributed by atoms with Crippen LogP contribution in [0.15, 0.2) is 0 Å². The first-order chi connectivity index (χ1) is 7.17. The van der Waals surface area contributed by atoms with Crippen molar-refractivity contribution in [2.45, 2.75) is 26.7 Å². The SMILES string of the molecule is CCC(CC(C)C(=O)O)C(=O)NS(=O)(=O)O. The third-order valence-corrected chi connectivity index (χ3v) is 2.61. The number of nitrogens with one attached hydrogen (secondary N) is 1. The number of rotatable bonds is 6. The summed E-state index contributed by atoms with van der Waals surface area (Å²) in [5, 5.41) is 8.64. The van der Waals surface area contributed by atoms with Gasteiger partial charge in [-0.2, -0.15) is 8.42 Å². The summed E-state index contributed by atoms with van der Waals surface area (Å²) in [5.41, 5.74) is 0. The highest BCUT2D eigenvalue weighted by molar-refractivity contribution is 7.84. The summed E-state index contributed by atoms with van der Waals surface area (Å²) in [6.45, 7) is 3.05. The standard InChI is InChI=1S/C8H15NO6S/c1-3-6(4-5(2)8(11)12)7(10)9-16(13,14)15/h5-6H,3-4H2,1-2H3,(H,9,10)(H,11,12)(H,13,14,15). The van der Waals surface area contributed by atoms with E-state index >= 15 is 0 Å². The van der Waals surface area contributed by atoms with Crippen LogP contribution in [0.4, 0.5) is 0 Å². The smallest absolute Gasteiger partial charge is 0.359 e. The number of carboxylic acids is 1. The molecule has 2 atom stereocenters. The number of carbonyl (C=O) groups is 2. The second-order valence-corrected chi connectivity index (χ2v) is 4.68. The van der Waals surface area contributed by atoms with Gasteiger partial charge in [0.05, 0.1) is 5.92 Å². The quantitative estimate of drug-likeness (QED) is 0.575. The summed E-state index contributed by atoms with van der Waals surface area (Å²) in [7, 11) is -4.58. The molecule has 0 heterocycles. The van der Waals surface area contributed by atoms with Crippen molar-refractivity contribution in [2.75, 3.05) is 0 Å². The minimum Gasteiger partial charge on any atom is -0.481 e. The lowest BCUT2D eigenvalue weighted by Gasteiger charge is -2.15. The van der Waals surface area contributed by atoms with Gasteiger partial charge < -0.3 is 5.11 Å². The topological polar surface area (TPSA) is 121 Å². The molecule has 0 aliphatic heterocycles. The highest BCUT2D eigenvalue weighted by Crippen LogP contribution is 2.16. The molecular formula is C8H15NO6S. The van der Waals surface area contributed by atoms with E-state index in [0.717, 1.165) is 0 Å². The summed E-state index contributed by atoms with van der Waals surface area (Å²) in [6.07, 6.45) is 0.312. The molecule has 0 radical (unpaired) electrons. The van der Waals surface area contributed by atoms with Crippen molar-refractivity contribution in [3.8, 4) is 0 Å².